The van der Waals surface area contributed by atoms with Crippen molar-refractivity contribution in [2.24, 2.45) is 0 Å². The topological polar surface area (TPSA) is 151 Å². The Morgan fingerprint density at radius 1 is 1.07 bits per heavy atom. The lowest BCUT2D eigenvalue weighted by Crippen LogP contribution is -2.50. The van der Waals surface area contributed by atoms with Crippen LogP contribution in [0.4, 0.5) is 27.7 Å². The van der Waals surface area contributed by atoms with Crippen LogP contribution in [0.1, 0.15) is 10.5 Å². The monoisotopic (exact) mass is 430 g/mol. The quantitative estimate of drug-likeness (QED) is 0.369. The Morgan fingerprint density at radius 2 is 1.70 bits per heavy atom. The van der Waals surface area contributed by atoms with Gasteiger partial charge >= 0.3 is 6.09 Å². The van der Waals surface area contributed by atoms with Crippen LogP contribution < -0.4 is 20.7 Å². The van der Waals surface area contributed by atoms with Crippen molar-refractivity contribution in [1.82, 2.24) is 15.5 Å². The van der Waals surface area contributed by atoms with Gasteiger partial charge in [-0.2, -0.15) is 0 Å². The number of hydrogen-bond donors (Lipinski definition) is 4. The lowest BCUT2D eigenvalue weighted by Gasteiger charge is -2.21. The fraction of sp³-hybridized carbons (Fsp3) is 0.200. The molecule has 0 radical (unpaired) electrons. The number of nitrogens with one attached hydrogen (secondary N) is 4. The summed E-state index contributed by atoms with van der Waals surface area (Å²) in [4.78, 5) is 24.2. The zero-order valence-electron chi connectivity index (χ0n) is 17.2. The number of amides is 2. The summed E-state index contributed by atoms with van der Waals surface area (Å²) in [6.07, 6.45) is 0.263. The van der Waals surface area contributed by atoms with E-state index < -0.39 is 27.3 Å². The van der Waals surface area contributed by atoms with Gasteiger partial charge in [0.25, 0.3) is 5.91 Å². The average Bonchev–Trinajstić information content (AvgIpc) is 2.60. The third kappa shape index (κ3) is 6.99. The molecule has 0 saturated carbocycles. The summed E-state index contributed by atoms with van der Waals surface area (Å²) in [6.45, 7) is 0. The highest BCUT2D eigenvalue weighted by Crippen LogP contribution is 2.28. The number of carbonyl (C=O) groups is 2. The number of hydrogen-bond acceptors (Lipinski definition) is 8. The molecular weight excluding hydrogens is 409 g/mol. The van der Waals surface area contributed by atoms with Crippen LogP contribution >= 0.6 is 0 Å². The molecule has 2 rings (SSSR count). The molecule has 1 heterocycles. The highest BCUT2D eigenvalue weighted by Gasteiger charge is 2.22. The first-order valence-corrected chi connectivity index (χ1v) is 10.7. The fourth-order valence-corrected chi connectivity index (χ4v) is 2.87. The second-order valence-corrected chi connectivity index (χ2v) is 9.11. The van der Waals surface area contributed by atoms with Gasteiger partial charge in [-0.25, -0.2) is 13.2 Å². The van der Waals surface area contributed by atoms with Crippen molar-refractivity contribution >= 4 is 68.4 Å². The molecule has 2 amide bonds. The van der Waals surface area contributed by atoms with Crippen LogP contribution in [0.2, 0.25) is 0 Å². The molecule has 0 bridgehead atoms. The van der Waals surface area contributed by atoms with Gasteiger partial charge in [-0.3, -0.25) is 14.8 Å². The van der Waals surface area contributed by atoms with Crippen molar-refractivity contribution < 1.29 is 22.7 Å². The van der Waals surface area contributed by atoms with Gasteiger partial charge in [-0.05, 0) is 17.4 Å². The Bertz CT molecular complexity index is 1060. The molecule has 0 unspecified atom stereocenters. The number of anilines is 4. The summed E-state index contributed by atoms with van der Waals surface area (Å²) in [5.74, 6) is -0.471. The van der Waals surface area contributed by atoms with Crippen LogP contribution in [0.25, 0.3) is 0 Å². The first kappa shape index (κ1) is 23.1. The summed E-state index contributed by atoms with van der Waals surface area (Å²) in [5, 5.41) is 15.3. The third-order valence-corrected chi connectivity index (χ3v) is 4.00. The first-order valence-electron chi connectivity index (χ1n) is 8.77. The second-order valence-electron chi connectivity index (χ2n) is 7.36. The van der Waals surface area contributed by atoms with Crippen molar-refractivity contribution in [3.8, 4) is 0 Å². The Kier molecular flexibility index (Phi) is 6.98. The number of nitrogens with zero attached hydrogens (tertiary/aromatic N) is 2. The molecule has 30 heavy (non-hydrogen) atoms. The molecule has 0 saturated heterocycles. The molecule has 15 heteroatoms. The Hall–Kier alpha value is -3.22. The summed E-state index contributed by atoms with van der Waals surface area (Å²) >= 11 is 0. The van der Waals surface area contributed by atoms with E-state index >= 15 is 0 Å². The smallest absolute Gasteiger partial charge is 0.412 e. The van der Waals surface area contributed by atoms with Crippen LogP contribution in [0.15, 0.2) is 30.3 Å². The molecule has 0 atom stereocenters. The molecule has 0 spiro atoms. The normalized spacial score (nSPS) is 11.3. The van der Waals surface area contributed by atoms with Crippen LogP contribution in [0.5, 0.6) is 0 Å². The van der Waals surface area contributed by atoms with E-state index in [4.69, 9.17) is 0 Å². The lowest BCUT2D eigenvalue weighted by atomic mass is 9.49. The number of aromatic nitrogens is 2. The van der Waals surface area contributed by atoms with Gasteiger partial charge in [0.15, 0.2) is 11.5 Å². The Balaban J connectivity index is 2.49. The van der Waals surface area contributed by atoms with Gasteiger partial charge in [0.05, 0.1) is 30.4 Å². The molecule has 0 aliphatic rings. The predicted octanol–water partition coefficient (Wildman–Crippen LogP) is -1.99. The molecule has 0 aliphatic carbocycles. The first-order chi connectivity index (χ1) is 13.9. The van der Waals surface area contributed by atoms with E-state index in [1.807, 2.05) is 23.5 Å². The molecule has 1 aromatic heterocycles. The molecule has 1 aromatic carbocycles. The number of ether oxygens (including phenoxy) is 1. The summed E-state index contributed by atoms with van der Waals surface area (Å²) in [5.41, 5.74) is 0.779. The minimum absolute atomic E-state index is 0.0326. The van der Waals surface area contributed by atoms with Crippen molar-refractivity contribution in [2.75, 3.05) is 28.7 Å². The summed E-state index contributed by atoms with van der Waals surface area (Å²) in [7, 11) is 3.08. The van der Waals surface area contributed by atoms with E-state index in [0.29, 0.717) is 5.69 Å². The van der Waals surface area contributed by atoms with Crippen LogP contribution in [-0.2, 0) is 14.8 Å². The number of para-hydroxylation sites is 2. The fourth-order valence-electron chi connectivity index (χ4n) is 2.30. The number of rotatable bonds is 7. The van der Waals surface area contributed by atoms with E-state index in [2.05, 4.69) is 35.6 Å². The van der Waals surface area contributed by atoms with Gasteiger partial charge < -0.3 is 15.4 Å². The summed E-state index contributed by atoms with van der Waals surface area (Å²) < 4.78 is 30.2. The maximum Gasteiger partial charge on any atom is 0.412 e. The predicted molar refractivity (Wildman–Crippen MR) is 122 cm³/mol. The van der Waals surface area contributed by atoms with Crippen LogP contribution in [0.3, 0.4) is 0 Å². The Labute approximate surface area is 177 Å². The third-order valence-electron chi connectivity index (χ3n) is 3.40. The van der Waals surface area contributed by atoms with Gasteiger partial charge in [0.2, 0.25) is 10.0 Å². The average molecular weight is 430 g/mol. The van der Waals surface area contributed by atoms with Gasteiger partial charge in [0.1, 0.15) is 23.5 Å². The van der Waals surface area contributed by atoms with Gasteiger partial charge in [-0.15, -0.1) is 10.2 Å². The molecule has 4 N–H and O–H groups in total. The maximum absolute atomic E-state index is 12.7. The van der Waals surface area contributed by atoms with Crippen molar-refractivity contribution in [3.05, 3.63) is 36.0 Å². The number of sulfonamides is 1. The molecule has 156 valence electrons. The van der Waals surface area contributed by atoms with Crippen LogP contribution in [0, 0.1) is 0 Å². The molecule has 0 fully saturated rings. The SMILES string of the molecule is BC(B)(B)NC(=O)c1nnc(NC(=O)OC)cc1Nc1ccccc1NS(C)(=O)=O. The number of carbonyl (C=O) groups excluding carboxylic acids is 2. The molecule has 2 aromatic rings. The maximum atomic E-state index is 12.7. The number of benzene rings is 1. The van der Waals surface area contributed by atoms with Crippen molar-refractivity contribution in [1.29, 1.82) is 0 Å². The lowest BCUT2D eigenvalue weighted by molar-refractivity contribution is 0.0947. The van der Waals surface area contributed by atoms with E-state index in [-0.39, 0.29) is 22.9 Å². The minimum Gasteiger partial charge on any atom is -0.453 e. The van der Waals surface area contributed by atoms with E-state index in [1.54, 1.807) is 24.3 Å². The minimum atomic E-state index is -3.54. The molecular formula is C15H21B3N6O5S. The number of methoxy groups -OCH3 is 1. The second kappa shape index (κ2) is 9.07. The highest BCUT2D eigenvalue weighted by molar-refractivity contribution is 7.92. The molecule has 0 aliphatic heterocycles. The summed E-state index contributed by atoms with van der Waals surface area (Å²) in [6, 6.07) is 7.90. The zero-order chi connectivity index (χ0) is 22.5. The van der Waals surface area contributed by atoms with Crippen LogP contribution in [-0.4, -0.2) is 72.8 Å². The van der Waals surface area contributed by atoms with Gasteiger partial charge in [0, 0.05) is 6.07 Å². The van der Waals surface area contributed by atoms with E-state index in [9.17, 15) is 18.0 Å². The zero-order valence-corrected chi connectivity index (χ0v) is 18.0. The van der Waals surface area contributed by atoms with E-state index in [1.165, 1.54) is 13.2 Å². The largest absolute Gasteiger partial charge is 0.453 e. The van der Waals surface area contributed by atoms with Gasteiger partial charge in [-0.1, -0.05) is 12.1 Å². The Morgan fingerprint density at radius 3 is 2.27 bits per heavy atom. The van der Waals surface area contributed by atoms with Crippen molar-refractivity contribution in [3.63, 3.8) is 0 Å². The van der Waals surface area contributed by atoms with E-state index in [0.717, 1.165) is 6.26 Å². The highest BCUT2D eigenvalue weighted by atomic mass is 32.2. The molecule has 11 nitrogen and oxygen atoms in total. The van der Waals surface area contributed by atoms with Crippen molar-refractivity contribution in [2.45, 2.75) is 5.24 Å². The standard InChI is InChI=1S/C15H21B3N6O5S/c1-29-14(26)20-11-7-10(12(23-22-11)13(25)21-15(16,17)18)19-8-5-3-4-6-9(8)24-30(2,27)28/h3-7,24H,16-18H2,1-2H3,(H,21,25)(H2,19,20,22,26).